The van der Waals surface area contributed by atoms with Crippen LogP contribution in [-0.4, -0.2) is 8.42 Å². The fourth-order valence-electron chi connectivity index (χ4n) is 2.21. The van der Waals surface area contributed by atoms with Gasteiger partial charge in [0, 0.05) is 11.9 Å². The zero-order valence-corrected chi connectivity index (χ0v) is 11.8. The Morgan fingerprint density at radius 1 is 1.05 bits per heavy atom. The number of hydrogen-bond acceptors (Lipinski definition) is 4. The maximum Gasteiger partial charge on any atom is 0.220 e. The summed E-state index contributed by atoms with van der Waals surface area (Å²) in [6.07, 6.45) is 1.10. The summed E-state index contributed by atoms with van der Waals surface area (Å²) in [5, 5.41) is 9.05. The Balaban J connectivity index is 2.31. The van der Waals surface area contributed by atoms with Gasteiger partial charge in [-0.2, -0.15) is 5.26 Å². The predicted molar refractivity (Wildman–Crippen MR) is 75.8 cm³/mol. The predicted octanol–water partition coefficient (Wildman–Crippen LogP) is 3.26. The Labute approximate surface area is 125 Å². The first-order valence-electron chi connectivity index (χ1n) is 6.15. The van der Waals surface area contributed by atoms with Gasteiger partial charge in [0.2, 0.25) is 9.84 Å². The standard InChI is InChI=1S/C15H8F2N2O2S/c16-10-2-1-3-12(6-10)19-9-13(8-18)22(20,21)15-7-11(17)4-5-14(15)19/h1-7,9H. The summed E-state index contributed by atoms with van der Waals surface area (Å²) >= 11 is 0. The minimum absolute atomic E-state index is 0.158. The molecule has 2 aromatic rings. The summed E-state index contributed by atoms with van der Waals surface area (Å²) in [6.45, 7) is 0. The van der Waals surface area contributed by atoms with Crippen molar-refractivity contribution in [1.82, 2.24) is 0 Å². The third-order valence-electron chi connectivity index (χ3n) is 3.20. The van der Waals surface area contributed by atoms with E-state index in [-0.39, 0.29) is 10.6 Å². The normalized spacial score (nSPS) is 15.7. The summed E-state index contributed by atoms with van der Waals surface area (Å²) in [6, 6.07) is 10.3. The molecule has 1 aliphatic heterocycles. The van der Waals surface area contributed by atoms with Crippen molar-refractivity contribution < 1.29 is 17.2 Å². The molecule has 0 saturated heterocycles. The molecule has 0 bridgehead atoms. The molecule has 1 heterocycles. The van der Waals surface area contributed by atoms with E-state index in [2.05, 4.69) is 0 Å². The molecule has 0 atom stereocenters. The molecular weight excluding hydrogens is 310 g/mol. The monoisotopic (exact) mass is 318 g/mol. The SMILES string of the molecule is N#CC1=CN(c2cccc(F)c2)c2ccc(F)cc2S1(=O)=O. The Hall–Kier alpha value is -2.72. The quantitative estimate of drug-likeness (QED) is 0.810. The van der Waals surface area contributed by atoms with Gasteiger partial charge in [0.1, 0.15) is 17.7 Å². The van der Waals surface area contributed by atoms with Gasteiger partial charge in [0.05, 0.1) is 10.6 Å². The lowest BCUT2D eigenvalue weighted by Crippen LogP contribution is -2.21. The van der Waals surface area contributed by atoms with Gasteiger partial charge >= 0.3 is 0 Å². The van der Waals surface area contributed by atoms with Crippen LogP contribution in [0, 0.1) is 23.0 Å². The molecule has 0 aromatic heterocycles. The first-order valence-corrected chi connectivity index (χ1v) is 7.63. The van der Waals surface area contributed by atoms with Gasteiger partial charge in [-0.1, -0.05) is 6.07 Å². The third kappa shape index (κ3) is 2.14. The van der Waals surface area contributed by atoms with E-state index >= 15 is 0 Å². The lowest BCUT2D eigenvalue weighted by molar-refractivity contribution is 0.596. The highest BCUT2D eigenvalue weighted by Crippen LogP contribution is 2.39. The van der Waals surface area contributed by atoms with Crippen molar-refractivity contribution in [2.75, 3.05) is 4.90 Å². The van der Waals surface area contributed by atoms with Crippen molar-refractivity contribution in [2.24, 2.45) is 0 Å². The van der Waals surface area contributed by atoms with Crippen LogP contribution in [0.1, 0.15) is 0 Å². The van der Waals surface area contributed by atoms with Gasteiger partial charge in [-0.15, -0.1) is 0 Å². The summed E-state index contributed by atoms with van der Waals surface area (Å²) in [4.78, 5) is 0.489. The second-order valence-corrected chi connectivity index (χ2v) is 6.46. The van der Waals surface area contributed by atoms with Crippen LogP contribution in [-0.2, 0) is 9.84 Å². The molecule has 0 saturated carbocycles. The Morgan fingerprint density at radius 3 is 2.45 bits per heavy atom. The van der Waals surface area contributed by atoms with E-state index in [0.717, 1.165) is 18.3 Å². The van der Waals surface area contributed by atoms with Crippen molar-refractivity contribution in [2.45, 2.75) is 4.90 Å². The number of hydrogen-bond donors (Lipinski definition) is 0. The first-order chi connectivity index (χ1) is 10.4. The second kappa shape index (κ2) is 4.93. The first kappa shape index (κ1) is 14.2. The number of anilines is 2. The van der Waals surface area contributed by atoms with Crippen LogP contribution in [0.3, 0.4) is 0 Å². The number of rotatable bonds is 1. The maximum absolute atomic E-state index is 13.4. The lowest BCUT2D eigenvalue weighted by Gasteiger charge is -2.27. The van der Waals surface area contributed by atoms with Crippen LogP contribution in [0.5, 0.6) is 0 Å². The zero-order valence-electron chi connectivity index (χ0n) is 11.0. The number of halogens is 2. The van der Waals surface area contributed by atoms with Gasteiger partial charge < -0.3 is 4.90 Å². The fourth-order valence-corrected chi connectivity index (χ4v) is 3.52. The smallest absolute Gasteiger partial charge is 0.220 e. The highest BCUT2D eigenvalue weighted by molar-refractivity contribution is 7.95. The Kier molecular flexibility index (Phi) is 3.19. The number of allylic oxidation sites excluding steroid dienone is 1. The Morgan fingerprint density at radius 2 is 1.77 bits per heavy atom. The Bertz CT molecular complexity index is 946. The van der Waals surface area contributed by atoms with Gasteiger partial charge in [0.25, 0.3) is 0 Å². The zero-order chi connectivity index (χ0) is 15.9. The molecule has 0 N–H and O–H groups in total. The third-order valence-corrected chi connectivity index (χ3v) is 4.89. The van der Waals surface area contributed by atoms with Crippen molar-refractivity contribution in [3.8, 4) is 6.07 Å². The molecule has 0 spiro atoms. The molecule has 7 heteroatoms. The summed E-state index contributed by atoms with van der Waals surface area (Å²) < 4.78 is 51.4. The van der Waals surface area contributed by atoms with Crippen molar-refractivity contribution in [3.63, 3.8) is 0 Å². The van der Waals surface area contributed by atoms with E-state index < -0.39 is 26.4 Å². The van der Waals surface area contributed by atoms with Gasteiger partial charge in [0.15, 0.2) is 4.91 Å². The summed E-state index contributed by atoms with van der Waals surface area (Å²) in [5.41, 5.74) is 0.488. The lowest BCUT2D eigenvalue weighted by atomic mass is 10.2. The minimum Gasteiger partial charge on any atom is -0.314 e. The van der Waals surface area contributed by atoms with Crippen LogP contribution >= 0.6 is 0 Å². The number of benzene rings is 2. The molecule has 0 aliphatic carbocycles. The molecule has 22 heavy (non-hydrogen) atoms. The van der Waals surface area contributed by atoms with Crippen LogP contribution < -0.4 is 4.90 Å². The second-order valence-electron chi connectivity index (χ2n) is 4.57. The molecule has 4 nitrogen and oxygen atoms in total. The van der Waals surface area contributed by atoms with Gasteiger partial charge in [-0.05, 0) is 36.4 Å². The molecule has 0 unspecified atom stereocenters. The highest BCUT2D eigenvalue weighted by Gasteiger charge is 2.32. The largest absolute Gasteiger partial charge is 0.314 e. The topological polar surface area (TPSA) is 61.2 Å². The number of nitrogens with zero attached hydrogens (tertiary/aromatic N) is 2. The maximum atomic E-state index is 13.4. The van der Waals surface area contributed by atoms with E-state index in [9.17, 15) is 17.2 Å². The van der Waals surface area contributed by atoms with Crippen LogP contribution in [0.2, 0.25) is 0 Å². The average molecular weight is 318 g/mol. The van der Waals surface area contributed by atoms with Crippen LogP contribution in [0.15, 0.2) is 58.5 Å². The van der Waals surface area contributed by atoms with E-state index in [0.29, 0.717) is 5.69 Å². The van der Waals surface area contributed by atoms with Gasteiger partial charge in [-0.25, -0.2) is 17.2 Å². The molecule has 1 aliphatic rings. The highest BCUT2D eigenvalue weighted by atomic mass is 32.2. The van der Waals surface area contributed by atoms with Crippen LogP contribution in [0.4, 0.5) is 20.2 Å². The molecule has 3 rings (SSSR count). The number of fused-ring (bicyclic) bond motifs is 1. The van der Waals surface area contributed by atoms with Crippen molar-refractivity contribution in [1.29, 1.82) is 5.26 Å². The molecule has 0 amide bonds. The van der Waals surface area contributed by atoms with E-state index in [1.807, 2.05) is 0 Å². The molecule has 0 radical (unpaired) electrons. The van der Waals surface area contributed by atoms with Crippen molar-refractivity contribution >= 4 is 21.2 Å². The molecular formula is C15H8F2N2O2S. The summed E-state index contributed by atoms with van der Waals surface area (Å²) in [7, 11) is -4.08. The molecule has 2 aromatic carbocycles. The summed E-state index contributed by atoms with van der Waals surface area (Å²) in [5.74, 6) is -1.25. The number of nitriles is 1. The fraction of sp³-hybridized carbons (Fsp3) is 0. The van der Waals surface area contributed by atoms with Crippen LogP contribution in [0.25, 0.3) is 0 Å². The van der Waals surface area contributed by atoms with E-state index in [1.54, 1.807) is 12.1 Å². The average Bonchev–Trinajstić information content (AvgIpc) is 2.48. The van der Waals surface area contributed by atoms with Crippen molar-refractivity contribution in [3.05, 3.63) is 65.2 Å². The molecule has 110 valence electrons. The number of sulfone groups is 1. The van der Waals surface area contributed by atoms with E-state index in [1.165, 1.54) is 29.2 Å². The van der Waals surface area contributed by atoms with E-state index in [4.69, 9.17) is 5.26 Å². The minimum atomic E-state index is -4.08. The molecule has 0 fully saturated rings. The van der Waals surface area contributed by atoms with Gasteiger partial charge in [-0.3, -0.25) is 0 Å².